The molecule has 1 aliphatic heterocycles. The maximum atomic E-state index is 14.3. The van der Waals surface area contributed by atoms with Crippen LogP contribution in [0.2, 0.25) is 0 Å². The summed E-state index contributed by atoms with van der Waals surface area (Å²) in [4.78, 5) is 31.0. The van der Waals surface area contributed by atoms with Gasteiger partial charge in [-0.15, -0.1) is 0 Å². The zero-order chi connectivity index (χ0) is 35.3. The number of ketones is 2. The molecule has 3 aromatic carbocycles. The highest BCUT2D eigenvalue weighted by Gasteiger charge is 2.49. The van der Waals surface area contributed by atoms with E-state index >= 15 is 0 Å². The molecule has 0 atom stereocenters. The van der Waals surface area contributed by atoms with Crippen molar-refractivity contribution in [3.63, 3.8) is 0 Å². The fourth-order valence-corrected chi connectivity index (χ4v) is 9.34. The molecule has 0 saturated carbocycles. The van der Waals surface area contributed by atoms with Gasteiger partial charge in [-0.1, -0.05) is 75.7 Å². The number of hydrogen-bond acceptors (Lipinski definition) is 7. The number of allylic oxidation sites excluding steroid dienone is 4. The molecule has 49 heavy (non-hydrogen) atoms. The van der Waals surface area contributed by atoms with Crippen LogP contribution in [0.25, 0.3) is 0 Å². The quantitative estimate of drug-likeness (QED) is 0.158. The Kier molecular flexibility index (Phi) is 9.65. The van der Waals surface area contributed by atoms with E-state index in [9.17, 15) is 18.0 Å². The summed E-state index contributed by atoms with van der Waals surface area (Å²) in [5, 5.41) is 0. The molecule has 1 heterocycles. The van der Waals surface area contributed by atoms with Crippen molar-refractivity contribution in [3.8, 4) is 11.5 Å². The van der Waals surface area contributed by atoms with Crippen LogP contribution in [0.1, 0.15) is 82.9 Å². The number of hydrogen-bond donors (Lipinski definition) is 0. The minimum Gasteiger partial charge on any atom is -0.490 e. The summed E-state index contributed by atoms with van der Waals surface area (Å²) in [6.45, 7) is 13.2. The van der Waals surface area contributed by atoms with E-state index in [0.29, 0.717) is 46.9 Å². The molecule has 0 bridgehead atoms. The van der Waals surface area contributed by atoms with Gasteiger partial charge in [0, 0.05) is 47.8 Å². The van der Waals surface area contributed by atoms with E-state index in [1.807, 2.05) is 38.1 Å². The Hall–Kier alpha value is -3.44. The molecule has 0 spiro atoms. The number of carbonyl (C=O) groups is 2. The zero-order valence-corrected chi connectivity index (χ0v) is 32.0. The standard InChI is InChI=1S/C40H44INO6S/c1-7-47-34-20-27(19-29(41)38(34)48-49(45,46)28-15-13-25(2)14-16-28)35-36-30(21-39(3,4)23-32(36)43)42(18-17-26-11-9-8-10-12-26)31-22-40(5,6)24-33(44)37(31)35/h8-16,19-20,35H,7,17-18,21-24H2,1-6H3. The molecule has 7 nitrogen and oxygen atoms in total. The van der Waals surface area contributed by atoms with Gasteiger partial charge in [-0.2, -0.15) is 8.42 Å². The van der Waals surface area contributed by atoms with Gasteiger partial charge in [-0.25, -0.2) is 0 Å². The first-order valence-corrected chi connectivity index (χ1v) is 19.4. The van der Waals surface area contributed by atoms with Gasteiger partial charge in [0.2, 0.25) is 0 Å². The monoisotopic (exact) mass is 793 g/mol. The van der Waals surface area contributed by atoms with E-state index < -0.39 is 16.0 Å². The molecule has 0 saturated heterocycles. The largest absolute Gasteiger partial charge is 0.490 e. The third-order valence-corrected chi connectivity index (χ3v) is 11.7. The van der Waals surface area contributed by atoms with Gasteiger partial charge in [0.25, 0.3) is 0 Å². The van der Waals surface area contributed by atoms with E-state index in [4.69, 9.17) is 8.92 Å². The topological polar surface area (TPSA) is 90.0 Å². The maximum absolute atomic E-state index is 14.3. The summed E-state index contributed by atoms with van der Waals surface area (Å²) in [7, 11) is -4.17. The molecule has 2 aliphatic carbocycles. The third kappa shape index (κ3) is 7.24. The number of benzene rings is 3. The zero-order valence-electron chi connectivity index (χ0n) is 29.1. The SMILES string of the molecule is CCOc1cc(C2C3=C(CC(C)(C)CC3=O)N(CCc3ccccc3)C3=C2C(=O)CC(C)(C)C3)cc(I)c1OS(=O)(=O)c1ccc(C)cc1. The van der Waals surface area contributed by atoms with Crippen molar-refractivity contribution < 1.29 is 26.9 Å². The Morgan fingerprint density at radius 1 is 0.837 bits per heavy atom. The third-order valence-electron chi connectivity index (χ3n) is 9.66. The normalized spacial score (nSPS) is 19.1. The van der Waals surface area contributed by atoms with Gasteiger partial charge >= 0.3 is 10.1 Å². The highest BCUT2D eigenvalue weighted by atomic mass is 127. The molecule has 258 valence electrons. The molecular weight excluding hydrogens is 749 g/mol. The number of halogens is 1. The average Bonchev–Trinajstić information content (AvgIpc) is 3.01. The van der Waals surface area contributed by atoms with Crippen molar-refractivity contribution in [3.05, 3.63) is 110 Å². The highest BCUT2D eigenvalue weighted by molar-refractivity contribution is 14.1. The first-order valence-electron chi connectivity index (χ1n) is 16.9. The van der Waals surface area contributed by atoms with E-state index in [-0.39, 0.29) is 45.4 Å². The Labute approximate surface area is 304 Å². The Balaban J connectivity index is 1.51. The van der Waals surface area contributed by atoms with Crippen LogP contribution in [-0.2, 0) is 26.1 Å². The van der Waals surface area contributed by atoms with Gasteiger partial charge in [0.05, 0.1) is 10.2 Å². The predicted molar refractivity (Wildman–Crippen MR) is 199 cm³/mol. The summed E-state index contributed by atoms with van der Waals surface area (Å²) >= 11 is 2.07. The van der Waals surface area contributed by atoms with Gasteiger partial charge in [-0.05, 0) is 102 Å². The lowest BCUT2D eigenvalue weighted by Crippen LogP contribution is -2.45. The molecule has 3 aliphatic rings. The predicted octanol–water partition coefficient (Wildman–Crippen LogP) is 8.69. The fraction of sp³-hybridized carbons (Fsp3) is 0.400. The lowest BCUT2D eigenvalue weighted by Gasteiger charge is -2.49. The van der Waals surface area contributed by atoms with Gasteiger partial charge in [0.15, 0.2) is 23.1 Å². The summed E-state index contributed by atoms with van der Waals surface area (Å²) < 4.78 is 39.1. The Morgan fingerprint density at radius 3 is 1.96 bits per heavy atom. The van der Waals surface area contributed by atoms with Crippen LogP contribution >= 0.6 is 22.6 Å². The molecule has 0 N–H and O–H groups in total. The number of aryl methyl sites for hydroxylation is 1. The van der Waals surface area contributed by atoms with Crippen molar-refractivity contribution in [1.82, 2.24) is 4.90 Å². The van der Waals surface area contributed by atoms with Crippen molar-refractivity contribution in [2.24, 2.45) is 10.8 Å². The number of Topliss-reactive ketones (excluding diaryl/α,β-unsaturated/α-hetero) is 2. The van der Waals surface area contributed by atoms with E-state index in [1.165, 1.54) is 17.7 Å². The maximum Gasteiger partial charge on any atom is 0.339 e. The molecule has 0 unspecified atom stereocenters. The molecule has 6 rings (SSSR count). The lowest BCUT2D eigenvalue weighted by atomic mass is 9.63. The molecule has 9 heteroatoms. The van der Waals surface area contributed by atoms with Gasteiger partial charge in [-0.3, -0.25) is 9.59 Å². The smallest absolute Gasteiger partial charge is 0.339 e. The first-order chi connectivity index (χ1) is 23.1. The Morgan fingerprint density at radius 2 is 1.41 bits per heavy atom. The highest BCUT2D eigenvalue weighted by Crippen LogP contribution is 2.55. The van der Waals surface area contributed by atoms with Gasteiger partial charge < -0.3 is 13.8 Å². The summed E-state index contributed by atoms with van der Waals surface area (Å²) in [5.74, 6) is -0.174. The number of ether oxygens (including phenoxy) is 1. The van der Waals surface area contributed by atoms with Crippen molar-refractivity contribution in [2.75, 3.05) is 13.2 Å². The summed E-state index contributed by atoms with van der Waals surface area (Å²) in [5.41, 5.74) is 5.67. The van der Waals surface area contributed by atoms with E-state index in [1.54, 1.807) is 18.2 Å². The number of carbonyl (C=O) groups excluding carboxylic acids is 2. The van der Waals surface area contributed by atoms with Gasteiger partial charge in [0.1, 0.15) is 4.90 Å². The van der Waals surface area contributed by atoms with Crippen LogP contribution in [0.5, 0.6) is 11.5 Å². The van der Waals surface area contributed by atoms with Crippen molar-refractivity contribution in [2.45, 2.75) is 84.5 Å². The van der Waals surface area contributed by atoms with Crippen LogP contribution in [0.3, 0.4) is 0 Å². The number of nitrogens with zero attached hydrogens (tertiary/aromatic N) is 1. The van der Waals surface area contributed by atoms with Crippen molar-refractivity contribution >= 4 is 44.3 Å². The van der Waals surface area contributed by atoms with E-state index in [0.717, 1.165) is 28.9 Å². The lowest BCUT2D eigenvalue weighted by molar-refractivity contribution is -0.119. The van der Waals surface area contributed by atoms with Crippen LogP contribution in [0.4, 0.5) is 0 Å². The number of rotatable bonds is 9. The van der Waals surface area contributed by atoms with Crippen LogP contribution in [0, 0.1) is 21.3 Å². The fourth-order valence-electron chi connectivity index (χ4n) is 7.50. The summed E-state index contributed by atoms with van der Waals surface area (Å²) in [6.07, 6.45) is 2.94. The Bertz CT molecular complexity index is 1920. The van der Waals surface area contributed by atoms with Crippen molar-refractivity contribution in [1.29, 1.82) is 0 Å². The van der Waals surface area contributed by atoms with Crippen LogP contribution < -0.4 is 8.92 Å². The molecule has 0 aromatic heterocycles. The minimum atomic E-state index is -4.17. The van der Waals surface area contributed by atoms with Crippen LogP contribution in [-0.4, -0.2) is 38.0 Å². The second-order valence-corrected chi connectivity index (χ2v) is 17.7. The van der Waals surface area contributed by atoms with Crippen LogP contribution in [0.15, 0.2) is 94.2 Å². The summed E-state index contributed by atoms with van der Waals surface area (Å²) in [6, 6.07) is 20.4. The molecule has 3 aromatic rings. The first kappa shape index (κ1) is 35.4. The second kappa shape index (κ2) is 13.4. The second-order valence-electron chi connectivity index (χ2n) is 15.0. The minimum absolute atomic E-state index is 0.0405. The van der Waals surface area contributed by atoms with E-state index in [2.05, 4.69) is 67.3 Å². The molecule has 0 amide bonds. The molecular formula is C40H44INO6S. The molecule has 0 fully saturated rings. The average molecular weight is 794 g/mol. The molecule has 0 radical (unpaired) electrons.